The van der Waals surface area contributed by atoms with Gasteiger partial charge in [-0.2, -0.15) is 0 Å². The van der Waals surface area contributed by atoms with E-state index in [1.54, 1.807) is 12.2 Å². The molecule has 5 nitrogen and oxygen atoms in total. The molecule has 74 valence electrons. The van der Waals surface area contributed by atoms with Crippen LogP contribution in [0.4, 0.5) is 5.69 Å². The van der Waals surface area contributed by atoms with Crippen molar-refractivity contribution in [1.29, 1.82) is 0 Å². The Morgan fingerprint density at radius 2 is 2.43 bits per heavy atom. The highest BCUT2D eigenvalue weighted by molar-refractivity contribution is 6.30. The lowest BCUT2D eigenvalue weighted by atomic mass is 10.2. The zero-order valence-corrected chi connectivity index (χ0v) is 7.94. The Hall–Kier alpha value is -1.46. The first-order valence-electron chi connectivity index (χ1n) is 3.81. The second-order valence-electron chi connectivity index (χ2n) is 2.47. The zero-order chi connectivity index (χ0) is 10.6. The Labute approximate surface area is 85.4 Å². The van der Waals surface area contributed by atoms with Gasteiger partial charge in [-0.25, -0.2) is 4.98 Å². The molecule has 0 bridgehead atoms. The van der Waals surface area contributed by atoms with Gasteiger partial charge in [0.2, 0.25) is 0 Å². The van der Waals surface area contributed by atoms with Gasteiger partial charge in [-0.3, -0.25) is 10.1 Å². The molecule has 1 aromatic heterocycles. The van der Waals surface area contributed by atoms with Crippen LogP contribution in [0, 0.1) is 10.1 Å². The van der Waals surface area contributed by atoms with E-state index < -0.39 is 4.92 Å². The number of halogens is 1. The maximum Gasteiger partial charge on any atom is 0.288 e. The van der Waals surface area contributed by atoms with Gasteiger partial charge in [0.05, 0.1) is 4.92 Å². The second-order valence-corrected chi connectivity index (χ2v) is 2.83. The fourth-order valence-corrected chi connectivity index (χ4v) is 1.03. The van der Waals surface area contributed by atoms with Crippen molar-refractivity contribution in [2.75, 3.05) is 6.54 Å². The molecule has 14 heavy (non-hydrogen) atoms. The van der Waals surface area contributed by atoms with Crippen molar-refractivity contribution >= 4 is 23.4 Å². The monoisotopic (exact) mass is 213 g/mol. The molecule has 1 aromatic rings. The van der Waals surface area contributed by atoms with Crippen LogP contribution in [0.15, 0.2) is 18.3 Å². The average molecular weight is 214 g/mol. The molecule has 1 rings (SSSR count). The molecule has 0 aliphatic rings. The van der Waals surface area contributed by atoms with Crippen molar-refractivity contribution in [3.05, 3.63) is 39.2 Å². The number of rotatable bonds is 3. The molecule has 0 aliphatic carbocycles. The van der Waals surface area contributed by atoms with Gasteiger partial charge in [0.15, 0.2) is 0 Å². The maximum atomic E-state index is 10.4. The Bertz CT molecular complexity index is 379. The minimum atomic E-state index is -0.525. The van der Waals surface area contributed by atoms with E-state index in [1.807, 2.05) is 0 Å². The third kappa shape index (κ3) is 2.51. The number of nitro groups is 1. The molecule has 2 N–H and O–H groups in total. The van der Waals surface area contributed by atoms with Crippen LogP contribution in [0.5, 0.6) is 0 Å². The number of aromatic nitrogens is 1. The molecule has 0 aliphatic heterocycles. The lowest BCUT2D eigenvalue weighted by Gasteiger charge is -1.96. The van der Waals surface area contributed by atoms with Crippen LogP contribution in [0.1, 0.15) is 5.56 Å². The third-order valence-electron chi connectivity index (χ3n) is 1.50. The largest absolute Gasteiger partial charge is 0.327 e. The molecule has 0 fully saturated rings. The molecule has 1 heterocycles. The summed E-state index contributed by atoms with van der Waals surface area (Å²) in [5, 5.41) is 10.6. The van der Waals surface area contributed by atoms with Gasteiger partial charge < -0.3 is 5.73 Å². The molecule has 0 saturated carbocycles. The van der Waals surface area contributed by atoms with Gasteiger partial charge in [-0.05, 0) is 0 Å². The molecule has 0 saturated heterocycles. The average Bonchev–Trinajstić information content (AvgIpc) is 2.16. The lowest BCUT2D eigenvalue weighted by Crippen LogP contribution is -1.93. The Balaban J connectivity index is 3.08. The first-order valence-corrected chi connectivity index (χ1v) is 4.19. The van der Waals surface area contributed by atoms with Crippen molar-refractivity contribution in [2.45, 2.75) is 0 Å². The van der Waals surface area contributed by atoms with Crippen LogP contribution in [-0.2, 0) is 0 Å². The highest BCUT2D eigenvalue weighted by atomic mass is 35.5. The lowest BCUT2D eigenvalue weighted by molar-refractivity contribution is -0.385. The summed E-state index contributed by atoms with van der Waals surface area (Å²) in [6, 6.07) is 1.35. The number of pyridine rings is 1. The molecular weight excluding hydrogens is 206 g/mol. The predicted molar refractivity (Wildman–Crippen MR) is 54.0 cm³/mol. The Kier molecular flexibility index (Phi) is 3.55. The van der Waals surface area contributed by atoms with E-state index in [2.05, 4.69) is 4.98 Å². The Morgan fingerprint density at radius 1 is 1.71 bits per heavy atom. The second kappa shape index (κ2) is 4.69. The predicted octanol–water partition coefficient (Wildman–Crippen LogP) is 1.62. The highest BCUT2D eigenvalue weighted by Crippen LogP contribution is 2.19. The van der Waals surface area contributed by atoms with Gasteiger partial charge in [-0.1, -0.05) is 23.8 Å². The summed E-state index contributed by atoms with van der Waals surface area (Å²) in [6.45, 7) is 0.346. The topological polar surface area (TPSA) is 82.0 Å². The van der Waals surface area contributed by atoms with Gasteiger partial charge in [0.1, 0.15) is 11.3 Å². The zero-order valence-electron chi connectivity index (χ0n) is 7.18. The number of nitrogens with zero attached hydrogens (tertiary/aromatic N) is 2. The maximum absolute atomic E-state index is 10.4. The van der Waals surface area contributed by atoms with Crippen LogP contribution in [0.3, 0.4) is 0 Å². The van der Waals surface area contributed by atoms with E-state index >= 15 is 0 Å². The minimum absolute atomic E-state index is 0.0916. The molecule has 0 unspecified atom stereocenters. The van der Waals surface area contributed by atoms with Crippen molar-refractivity contribution in [3.63, 3.8) is 0 Å². The van der Waals surface area contributed by atoms with E-state index in [-0.39, 0.29) is 10.8 Å². The van der Waals surface area contributed by atoms with Crippen LogP contribution >= 0.6 is 11.6 Å². The summed E-state index contributed by atoms with van der Waals surface area (Å²) < 4.78 is 0. The van der Waals surface area contributed by atoms with Gasteiger partial charge in [-0.15, -0.1) is 0 Å². The van der Waals surface area contributed by atoms with E-state index in [4.69, 9.17) is 17.3 Å². The van der Waals surface area contributed by atoms with Crippen molar-refractivity contribution in [2.24, 2.45) is 5.73 Å². The summed E-state index contributed by atoms with van der Waals surface area (Å²) in [5.41, 5.74) is 5.64. The quantitative estimate of drug-likeness (QED) is 0.470. The smallest absolute Gasteiger partial charge is 0.288 e. The molecule has 0 radical (unpaired) electrons. The fraction of sp³-hybridized carbons (Fsp3) is 0.125. The van der Waals surface area contributed by atoms with Crippen LogP contribution < -0.4 is 5.73 Å². The van der Waals surface area contributed by atoms with Gasteiger partial charge in [0.25, 0.3) is 5.69 Å². The SMILES string of the molecule is NCC=Cc1cc([N+](=O)[O-])cnc1Cl. The van der Waals surface area contributed by atoms with Gasteiger partial charge >= 0.3 is 0 Å². The summed E-state index contributed by atoms with van der Waals surface area (Å²) in [7, 11) is 0. The first-order chi connectivity index (χ1) is 6.65. The van der Waals surface area contributed by atoms with E-state index in [1.165, 1.54) is 6.07 Å². The van der Waals surface area contributed by atoms with Crippen LogP contribution in [-0.4, -0.2) is 16.5 Å². The fourth-order valence-electron chi connectivity index (χ4n) is 0.865. The normalized spacial score (nSPS) is 10.7. The van der Waals surface area contributed by atoms with E-state index in [0.717, 1.165) is 6.20 Å². The first kappa shape index (κ1) is 10.6. The van der Waals surface area contributed by atoms with Crippen LogP contribution in [0.25, 0.3) is 6.08 Å². The van der Waals surface area contributed by atoms with E-state index in [0.29, 0.717) is 12.1 Å². The molecular formula is C8H8ClN3O2. The summed E-state index contributed by atoms with van der Waals surface area (Å²) >= 11 is 5.71. The summed E-state index contributed by atoms with van der Waals surface area (Å²) in [4.78, 5) is 13.6. The molecule has 0 aromatic carbocycles. The molecule has 0 spiro atoms. The van der Waals surface area contributed by atoms with Crippen molar-refractivity contribution in [3.8, 4) is 0 Å². The van der Waals surface area contributed by atoms with Crippen LogP contribution in [0.2, 0.25) is 5.15 Å². The molecule has 0 atom stereocenters. The van der Waals surface area contributed by atoms with Crippen molar-refractivity contribution < 1.29 is 4.92 Å². The number of nitrogens with two attached hydrogens (primary N) is 1. The van der Waals surface area contributed by atoms with E-state index in [9.17, 15) is 10.1 Å². The highest BCUT2D eigenvalue weighted by Gasteiger charge is 2.08. The summed E-state index contributed by atoms with van der Waals surface area (Å²) in [6.07, 6.45) is 4.36. The van der Waals surface area contributed by atoms with Crippen molar-refractivity contribution in [1.82, 2.24) is 4.98 Å². The molecule has 6 heteroatoms. The number of hydrogen-bond donors (Lipinski definition) is 1. The molecule has 0 amide bonds. The third-order valence-corrected chi connectivity index (χ3v) is 1.81. The standard InChI is InChI=1S/C8H8ClN3O2/c9-8-6(2-1-3-10)4-7(5-11-8)12(13)14/h1-2,4-5H,3,10H2. The van der Waals surface area contributed by atoms with Gasteiger partial charge in [0, 0.05) is 18.2 Å². The number of hydrogen-bond acceptors (Lipinski definition) is 4. The minimum Gasteiger partial charge on any atom is -0.327 e. The Morgan fingerprint density at radius 3 is 3.00 bits per heavy atom. The summed E-state index contributed by atoms with van der Waals surface area (Å²) in [5.74, 6) is 0.